The van der Waals surface area contributed by atoms with Gasteiger partial charge >= 0.3 is 0 Å². The smallest absolute Gasteiger partial charge is 0.0578 e. The molecule has 0 aromatic rings. The molecule has 1 atom stereocenters. The van der Waals surface area contributed by atoms with Crippen molar-refractivity contribution < 1.29 is 4.74 Å². The van der Waals surface area contributed by atoms with Crippen molar-refractivity contribution in [3.63, 3.8) is 0 Å². The van der Waals surface area contributed by atoms with E-state index >= 15 is 0 Å². The van der Waals surface area contributed by atoms with E-state index in [1.54, 1.807) is 0 Å². The molecule has 0 aromatic heterocycles. The van der Waals surface area contributed by atoms with E-state index in [0.717, 1.165) is 12.0 Å². The molecule has 1 saturated heterocycles. The molecule has 1 aliphatic carbocycles. The molecule has 0 bridgehead atoms. The quantitative estimate of drug-likeness (QED) is 0.699. The molecule has 136 valence electrons. The normalized spacial score (nSPS) is 29.3. The molecule has 0 radical (unpaired) electrons. The second-order valence-electron chi connectivity index (χ2n) is 8.42. The summed E-state index contributed by atoms with van der Waals surface area (Å²) < 4.78 is 5.98. The van der Waals surface area contributed by atoms with Gasteiger partial charge in [0.1, 0.15) is 0 Å². The Bertz CT molecular complexity index is 316. The van der Waals surface area contributed by atoms with Crippen LogP contribution in [-0.4, -0.2) is 60.3 Å². The van der Waals surface area contributed by atoms with Gasteiger partial charge in [0, 0.05) is 38.3 Å². The lowest BCUT2D eigenvalue weighted by Crippen LogP contribution is -2.51. The molecule has 1 heterocycles. The zero-order chi connectivity index (χ0) is 16.8. The molecule has 1 saturated carbocycles. The Morgan fingerprint density at radius 2 is 1.39 bits per heavy atom. The summed E-state index contributed by atoms with van der Waals surface area (Å²) in [6, 6.07) is 1.46. The molecule has 0 aromatic carbocycles. The maximum absolute atomic E-state index is 5.98. The fourth-order valence-corrected chi connectivity index (χ4v) is 4.30. The van der Waals surface area contributed by atoms with Crippen molar-refractivity contribution in [3.05, 3.63) is 0 Å². The van der Waals surface area contributed by atoms with Crippen LogP contribution in [0.5, 0.6) is 0 Å². The van der Waals surface area contributed by atoms with Gasteiger partial charge in [0.25, 0.3) is 0 Å². The SMILES string of the molecule is CC(C)O[C@H]1CC[C@H](CC[C@H](C)N2CCN(C(C)C)CC2)CC1. The highest BCUT2D eigenvalue weighted by Gasteiger charge is 2.25. The summed E-state index contributed by atoms with van der Waals surface area (Å²) in [7, 11) is 0. The van der Waals surface area contributed by atoms with Gasteiger partial charge in [-0.15, -0.1) is 0 Å². The second kappa shape index (κ2) is 9.39. The first-order chi connectivity index (χ1) is 11.0. The van der Waals surface area contributed by atoms with Crippen LogP contribution in [0.1, 0.15) is 73.1 Å². The van der Waals surface area contributed by atoms with Gasteiger partial charge in [-0.25, -0.2) is 0 Å². The van der Waals surface area contributed by atoms with Crippen LogP contribution in [0.2, 0.25) is 0 Å². The lowest BCUT2D eigenvalue weighted by Gasteiger charge is -2.40. The number of rotatable bonds is 7. The van der Waals surface area contributed by atoms with Gasteiger partial charge in [-0.05, 0) is 79.1 Å². The van der Waals surface area contributed by atoms with Crippen LogP contribution in [0.4, 0.5) is 0 Å². The van der Waals surface area contributed by atoms with Crippen LogP contribution in [0, 0.1) is 5.92 Å². The second-order valence-corrected chi connectivity index (χ2v) is 8.42. The zero-order valence-electron chi connectivity index (χ0n) is 16.3. The molecule has 2 rings (SSSR count). The monoisotopic (exact) mass is 324 g/mol. The summed E-state index contributed by atoms with van der Waals surface area (Å²) in [5, 5.41) is 0. The lowest BCUT2D eigenvalue weighted by atomic mass is 9.83. The molecule has 0 spiro atoms. The van der Waals surface area contributed by atoms with Crippen molar-refractivity contribution in [2.75, 3.05) is 26.2 Å². The molecular formula is C20H40N2O. The third-order valence-electron chi connectivity index (χ3n) is 5.95. The van der Waals surface area contributed by atoms with Gasteiger partial charge < -0.3 is 4.74 Å². The molecule has 2 fully saturated rings. The summed E-state index contributed by atoms with van der Waals surface area (Å²) in [4.78, 5) is 5.33. The first-order valence-corrected chi connectivity index (χ1v) is 10.1. The van der Waals surface area contributed by atoms with Gasteiger partial charge in [-0.2, -0.15) is 0 Å². The zero-order valence-corrected chi connectivity index (χ0v) is 16.3. The Balaban J connectivity index is 1.61. The van der Waals surface area contributed by atoms with E-state index in [1.165, 1.54) is 64.7 Å². The van der Waals surface area contributed by atoms with E-state index in [4.69, 9.17) is 4.74 Å². The van der Waals surface area contributed by atoms with Crippen LogP contribution in [-0.2, 0) is 4.74 Å². The van der Waals surface area contributed by atoms with Crippen molar-refractivity contribution in [3.8, 4) is 0 Å². The topological polar surface area (TPSA) is 15.7 Å². The summed E-state index contributed by atoms with van der Waals surface area (Å²) in [6.45, 7) is 16.4. The lowest BCUT2D eigenvalue weighted by molar-refractivity contribution is -0.0209. The van der Waals surface area contributed by atoms with E-state index in [-0.39, 0.29) is 0 Å². The largest absolute Gasteiger partial charge is 0.376 e. The molecule has 23 heavy (non-hydrogen) atoms. The van der Waals surface area contributed by atoms with Crippen molar-refractivity contribution >= 4 is 0 Å². The number of piperazine rings is 1. The average Bonchev–Trinajstić information content (AvgIpc) is 2.53. The Hall–Kier alpha value is -0.120. The van der Waals surface area contributed by atoms with Crippen LogP contribution < -0.4 is 0 Å². The molecule has 3 nitrogen and oxygen atoms in total. The molecule has 2 aliphatic rings. The number of nitrogens with zero attached hydrogens (tertiary/aromatic N) is 2. The Morgan fingerprint density at radius 1 is 0.826 bits per heavy atom. The highest BCUT2D eigenvalue weighted by Crippen LogP contribution is 2.30. The van der Waals surface area contributed by atoms with Crippen molar-refractivity contribution in [1.82, 2.24) is 9.80 Å². The van der Waals surface area contributed by atoms with Crippen molar-refractivity contribution in [2.24, 2.45) is 5.92 Å². The predicted octanol–water partition coefficient (Wildman–Crippen LogP) is 4.16. The fraction of sp³-hybridized carbons (Fsp3) is 1.00. The minimum absolute atomic E-state index is 0.390. The molecule has 1 aliphatic heterocycles. The molecule has 0 amide bonds. The van der Waals surface area contributed by atoms with Gasteiger partial charge in [0.05, 0.1) is 12.2 Å². The van der Waals surface area contributed by atoms with Crippen LogP contribution in [0.25, 0.3) is 0 Å². The van der Waals surface area contributed by atoms with E-state index in [1.807, 2.05) is 0 Å². The van der Waals surface area contributed by atoms with Crippen LogP contribution >= 0.6 is 0 Å². The standard InChI is InChI=1S/C20H40N2O/c1-16(2)21-12-14-22(15-13-21)18(5)6-7-19-8-10-20(11-9-19)23-17(3)4/h16-20H,6-15H2,1-5H3/t18-,19-,20-/m0/s1. The van der Waals surface area contributed by atoms with Crippen molar-refractivity contribution in [2.45, 2.75) is 97.4 Å². The van der Waals surface area contributed by atoms with Gasteiger partial charge in [-0.3, -0.25) is 9.80 Å². The minimum Gasteiger partial charge on any atom is -0.376 e. The maximum Gasteiger partial charge on any atom is 0.0578 e. The first-order valence-electron chi connectivity index (χ1n) is 10.1. The maximum atomic E-state index is 5.98. The summed E-state index contributed by atoms with van der Waals surface area (Å²) in [6.07, 6.45) is 9.04. The number of ether oxygens (including phenoxy) is 1. The van der Waals surface area contributed by atoms with E-state index in [9.17, 15) is 0 Å². The fourth-order valence-electron chi connectivity index (χ4n) is 4.30. The highest BCUT2D eigenvalue weighted by molar-refractivity contribution is 4.80. The van der Waals surface area contributed by atoms with Gasteiger partial charge in [0.2, 0.25) is 0 Å². The van der Waals surface area contributed by atoms with Crippen LogP contribution in [0.3, 0.4) is 0 Å². The molecular weight excluding hydrogens is 284 g/mol. The van der Waals surface area contributed by atoms with Crippen molar-refractivity contribution in [1.29, 1.82) is 0 Å². The predicted molar refractivity (Wildman–Crippen MR) is 98.9 cm³/mol. The Kier molecular flexibility index (Phi) is 7.84. The first kappa shape index (κ1) is 19.2. The third kappa shape index (κ3) is 6.36. The van der Waals surface area contributed by atoms with Gasteiger partial charge in [-0.1, -0.05) is 0 Å². The molecule has 0 unspecified atom stereocenters. The van der Waals surface area contributed by atoms with Crippen LogP contribution in [0.15, 0.2) is 0 Å². The average molecular weight is 325 g/mol. The summed E-state index contributed by atoms with van der Waals surface area (Å²) >= 11 is 0. The Morgan fingerprint density at radius 3 is 1.91 bits per heavy atom. The van der Waals surface area contributed by atoms with E-state index in [2.05, 4.69) is 44.4 Å². The summed E-state index contributed by atoms with van der Waals surface area (Å²) in [5.41, 5.74) is 0. The number of hydrogen-bond acceptors (Lipinski definition) is 3. The highest BCUT2D eigenvalue weighted by atomic mass is 16.5. The number of hydrogen-bond donors (Lipinski definition) is 0. The molecule has 0 N–H and O–H groups in total. The van der Waals surface area contributed by atoms with Gasteiger partial charge in [0.15, 0.2) is 0 Å². The summed E-state index contributed by atoms with van der Waals surface area (Å²) in [5.74, 6) is 0.946. The van der Waals surface area contributed by atoms with E-state index in [0.29, 0.717) is 18.2 Å². The Labute approximate surface area is 144 Å². The molecule has 3 heteroatoms. The minimum atomic E-state index is 0.390. The van der Waals surface area contributed by atoms with E-state index < -0.39 is 0 Å². The third-order valence-corrected chi connectivity index (χ3v) is 5.95.